The van der Waals surface area contributed by atoms with Gasteiger partial charge in [0.15, 0.2) is 0 Å². The normalized spacial score (nSPS) is 23.4. The van der Waals surface area contributed by atoms with Crippen molar-refractivity contribution in [3.63, 3.8) is 0 Å². The highest BCUT2D eigenvalue weighted by molar-refractivity contribution is 7.17. The third-order valence-corrected chi connectivity index (χ3v) is 4.43. The van der Waals surface area contributed by atoms with E-state index in [0.717, 1.165) is 30.9 Å². The van der Waals surface area contributed by atoms with Gasteiger partial charge in [-0.1, -0.05) is 18.3 Å². The largest absolute Gasteiger partial charge is 0.360 e. The number of rotatable bonds is 4. The van der Waals surface area contributed by atoms with Crippen molar-refractivity contribution in [3.05, 3.63) is 5.01 Å². The number of carbonyl (C=O) groups excluding carboxylic acids is 1. The van der Waals surface area contributed by atoms with Gasteiger partial charge >= 0.3 is 0 Å². The molecule has 6 heteroatoms. The van der Waals surface area contributed by atoms with E-state index in [0.29, 0.717) is 17.1 Å². The van der Waals surface area contributed by atoms with Gasteiger partial charge in [-0.15, -0.1) is 10.2 Å². The summed E-state index contributed by atoms with van der Waals surface area (Å²) in [4.78, 5) is 14.5. The quantitative estimate of drug-likeness (QED) is 0.922. The van der Waals surface area contributed by atoms with Crippen molar-refractivity contribution in [1.29, 1.82) is 0 Å². The first-order chi connectivity index (χ1) is 9.13. The molecule has 1 amide bonds. The van der Waals surface area contributed by atoms with Gasteiger partial charge < -0.3 is 10.2 Å². The lowest BCUT2D eigenvalue weighted by molar-refractivity contribution is 0.0509. The van der Waals surface area contributed by atoms with Crippen LogP contribution in [0.5, 0.6) is 0 Å². The summed E-state index contributed by atoms with van der Waals surface area (Å²) in [5.41, 5.74) is 0. The SMILES string of the molecule is CCCNc1nnc(C(=O)N2[C@H](C)CCC[C@@H]2C)s1. The minimum atomic E-state index is 0.0294. The van der Waals surface area contributed by atoms with Crippen LogP contribution in [0.25, 0.3) is 0 Å². The summed E-state index contributed by atoms with van der Waals surface area (Å²) in [6, 6.07) is 0.597. The molecular formula is C13H22N4OS. The van der Waals surface area contributed by atoms with E-state index in [4.69, 9.17) is 0 Å². The molecule has 1 saturated heterocycles. The Morgan fingerprint density at radius 3 is 2.68 bits per heavy atom. The average molecular weight is 282 g/mol. The molecule has 0 bridgehead atoms. The molecule has 0 saturated carbocycles. The zero-order valence-corrected chi connectivity index (χ0v) is 12.7. The first-order valence-electron chi connectivity index (χ1n) is 7.03. The number of aromatic nitrogens is 2. The maximum Gasteiger partial charge on any atom is 0.285 e. The molecule has 106 valence electrons. The van der Waals surface area contributed by atoms with Crippen molar-refractivity contribution in [2.24, 2.45) is 0 Å². The van der Waals surface area contributed by atoms with E-state index in [1.807, 2.05) is 4.90 Å². The molecule has 0 radical (unpaired) electrons. The van der Waals surface area contributed by atoms with Crippen LogP contribution in [0.1, 0.15) is 56.3 Å². The Labute approximate surface area is 118 Å². The van der Waals surface area contributed by atoms with Gasteiger partial charge in [-0.25, -0.2) is 0 Å². The average Bonchev–Trinajstić information content (AvgIpc) is 2.84. The molecule has 1 aromatic heterocycles. The van der Waals surface area contributed by atoms with Crippen LogP contribution < -0.4 is 5.32 Å². The predicted molar refractivity (Wildman–Crippen MR) is 77.6 cm³/mol. The van der Waals surface area contributed by atoms with Crippen molar-refractivity contribution in [1.82, 2.24) is 15.1 Å². The summed E-state index contributed by atoms with van der Waals surface area (Å²) < 4.78 is 0. The van der Waals surface area contributed by atoms with Crippen molar-refractivity contribution in [3.8, 4) is 0 Å². The number of piperidine rings is 1. The zero-order valence-electron chi connectivity index (χ0n) is 11.8. The fourth-order valence-electron chi connectivity index (χ4n) is 2.55. The van der Waals surface area contributed by atoms with Gasteiger partial charge in [-0.2, -0.15) is 0 Å². The summed E-state index contributed by atoms with van der Waals surface area (Å²) in [5, 5.41) is 12.5. The summed E-state index contributed by atoms with van der Waals surface area (Å²) in [6.45, 7) is 7.19. The zero-order chi connectivity index (χ0) is 13.8. The molecule has 1 N–H and O–H groups in total. The van der Waals surface area contributed by atoms with Crippen molar-refractivity contribution < 1.29 is 4.79 Å². The fraction of sp³-hybridized carbons (Fsp3) is 0.769. The van der Waals surface area contributed by atoms with E-state index in [9.17, 15) is 4.79 Å². The Balaban J connectivity index is 2.07. The second-order valence-electron chi connectivity index (χ2n) is 5.18. The molecule has 1 fully saturated rings. The van der Waals surface area contributed by atoms with Gasteiger partial charge in [0.1, 0.15) is 0 Å². The molecule has 2 heterocycles. The predicted octanol–water partition coefficient (Wildman–Crippen LogP) is 2.76. The first kappa shape index (κ1) is 14.2. The third-order valence-electron chi connectivity index (χ3n) is 3.56. The highest BCUT2D eigenvalue weighted by Crippen LogP contribution is 2.26. The van der Waals surface area contributed by atoms with Gasteiger partial charge in [0, 0.05) is 18.6 Å². The Kier molecular flexibility index (Phi) is 4.74. The van der Waals surface area contributed by atoms with Gasteiger partial charge in [0.25, 0.3) is 5.91 Å². The van der Waals surface area contributed by atoms with E-state index in [-0.39, 0.29) is 5.91 Å². The smallest absolute Gasteiger partial charge is 0.285 e. The van der Waals surface area contributed by atoms with Gasteiger partial charge in [0.05, 0.1) is 0 Å². The number of nitrogens with zero attached hydrogens (tertiary/aromatic N) is 3. The molecule has 5 nitrogen and oxygen atoms in total. The molecule has 0 unspecified atom stereocenters. The van der Waals surface area contributed by atoms with Crippen LogP contribution in [0.2, 0.25) is 0 Å². The summed E-state index contributed by atoms with van der Waals surface area (Å²) in [7, 11) is 0. The van der Waals surface area contributed by atoms with E-state index < -0.39 is 0 Å². The van der Waals surface area contributed by atoms with Crippen LogP contribution in [0.4, 0.5) is 5.13 Å². The molecule has 1 aliphatic rings. The number of nitrogens with one attached hydrogen (secondary N) is 1. The summed E-state index contributed by atoms with van der Waals surface area (Å²) in [5.74, 6) is 0.0294. The maximum absolute atomic E-state index is 12.5. The van der Waals surface area contributed by atoms with Crippen molar-refractivity contribution >= 4 is 22.4 Å². The van der Waals surface area contributed by atoms with Crippen molar-refractivity contribution in [2.75, 3.05) is 11.9 Å². The number of hydrogen-bond donors (Lipinski definition) is 1. The number of carbonyl (C=O) groups is 1. The summed E-state index contributed by atoms with van der Waals surface area (Å²) >= 11 is 1.35. The van der Waals surface area contributed by atoms with Crippen LogP contribution in [0.15, 0.2) is 0 Å². The molecule has 0 spiro atoms. The Morgan fingerprint density at radius 1 is 1.37 bits per heavy atom. The van der Waals surface area contributed by atoms with Crippen LogP contribution in [0, 0.1) is 0 Å². The second-order valence-corrected chi connectivity index (χ2v) is 6.16. The van der Waals surface area contributed by atoms with E-state index in [1.54, 1.807) is 0 Å². The monoisotopic (exact) mass is 282 g/mol. The molecule has 0 aromatic carbocycles. The van der Waals surface area contributed by atoms with Gasteiger partial charge in [-0.05, 0) is 39.5 Å². The highest BCUT2D eigenvalue weighted by Gasteiger charge is 2.31. The Hall–Kier alpha value is -1.17. The van der Waals surface area contributed by atoms with Crippen LogP contribution >= 0.6 is 11.3 Å². The van der Waals surface area contributed by atoms with Crippen LogP contribution in [0.3, 0.4) is 0 Å². The topological polar surface area (TPSA) is 58.1 Å². The molecule has 1 aromatic rings. The lowest BCUT2D eigenvalue weighted by Gasteiger charge is -2.38. The molecular weight excluding hydrogens is 260 g/mol. The summed E-state index contributed by atoms with van der Waals surface area (Å²) in [6.07, 6.45) is 4.39. The van der Waals surface area contributed by atoms with Crippen LogP contribution in [-0.2, 0) is 0 Å². The van der Waals surface area contributed by atoms with Gasteiger partial charge in [-0.3, -0.25) is 4.79 Å². The first-order valence-corrected chi connectivity index (χ1v) is 7.85. The second kappa shape index (κ2) is 6.32. The standard InChI is InChI=1S/C13H22N4OS/c1-4-8-14-13-16-15-11(19-13)12(18)17-9(2)6-5-7-10(17)3/h9-10H,4-8H2,1-3H3,(H,14,16)/t9-,10+. The molecule has 19 heavy (non-hydrogen) atoms. The molecule has 2 rings (SSSR count). The van der Waals surface area contributed by atoms with Crippen molar-refractivity contribution in [2.45, 2.75) is 58.5 Å². The highest BCUT2D eigenvalue weighted by atomic mass is 32.1. The van der Waals surface area contributed by atoms with E-state index >= 15 is 0 Å². The molecule has 2 atom stereocenters. The van der Waals surface area contributed by atoms with E-state index in [1.165, 1.54) is 17.8 Å². The lowest BCUT2D eigenvalue weighted by Crippen LogP contribution is -2.47. The Bertz CT molecular complexity index is 424. The van der Waals surface area contributed by atoms with Gasteiger partial charge in [0.2, 0.25) is 10.1 Å². The lowest BCUT2D eigenvalue weighted by atomic mass is 9.97. The maximum atomic E-state index is 12.5. The number of amides is 1. The number of anilines is 1. The fourth-order valence-corrected chi connectivity index (χ4v) is 3.26. The minimum Gasteiger partial charge on any atom is -0.360 e. The number of hydrogen-bond acceptors (Lipinski definition) is 5. The number of likely N-dealkylation sites (tertiary alicyclic amines) is 1. The minimum absolute atomic E-state index is 0.0294. The Morgan fingerprint density at radius 2 is 2.05 bits per heavy atom. The van der Waals surface area contributed by atoms with Crippen LogP contribution in [-0.4, -0.2) is 39.6 Å². The third kappa shape index (κ3) is 3.23. The van der Waals surface area contributed by atoms with E-state index in [2.05, 4.69) is 36.3 Å². The molecule has 1 aliphatic heterocycles. The molecule has 0 aliphatic carbocycles.